The topological polar surface area (TPSA) is 37.4 Å². The van der Waals surface area contributed by atoms with Crippen molar-refractivity contribution in [2.75, 3.05) is 10.1 Å². The van der Waals surface area contributed by atoms with Crippen LogP contribution >= 0.6 is 11.8 Å². The van der Waals surface area contributed by atoms with Gasteiger partial charge in [0.1, 0.15) is 0 Å². The molecule has 1 unspecified atom stereocenters. The molecule has 2 aromatic rings. The SMILES string of the molecule is C=CC1(C)CSc2ccccc2N1S(=O)(=O)c1ccc(C)cc1. The van der Waals surface area contributed by atoms with Crippen LogP contribution in [-0.2, 0) is 10.0 Å². The Hall–Kier alpha value is -1.72. The van der Waals surface area contributed by atoms with E-state index in [0.717, 1.165) is 10.5 Å². The molecule has 0 fully saturated rings. The lowest BCUT2D eigenvalue weighted by Gasteiger charge is -2.43. The summed E-state index contributed by atoms with van der Waals surface area (Å²) in [6.07, 6.45) is 1.72. The van der Waals surface area contributed by atoms with Crippen molar-refractivity contribution < 1.29 is 8.42 Å². The first kappa shape index (κ1) is 16.1. The fourth-order valence-corrected chi connectivity index (χ4v) is 5.78. The van der Waals surface area contributed by atoms with Gasteiger partial charge in [0, 0.05) is 10.6 Å². The van der Waals surface area contributed by atoms with E-state index >= 15 is 0 Å². The van der Waals surface area contributed by atoms with Gasteiger partial charge in [0.15, 0.2) is 0 Å². The quantitative estimate of drug-likeness (QED) is 0.781. The van der Waals surface area contributed by atoms with Gasteiger partial charge in [0.25, 0.3) is 10.0 Å². The van der Waals surface area contributed by atoms with Crippen molar-refractivity contribution in [3.63, 3.8) is 0 Å². The monoisotopic (exact) mass is 345 g/mol. The highest BCUT2D eigenvalue weighted by Crippen LogP contribution is 2.45. The maximum Gasteiger partial charge on any atom is 0.265 e. The highest BCUT2D eigenvalue weighted by Gasteiger charge is 2.42. The number of anilines is 1. The highest BCUT2D eigenvalue weighted by molar-refractivity contribution is 8.00. The van der Waals surface area contributed by atoms with Crippen LogP contribution in [0.2, 0.25) is 0 Å². The molecule has 0 saturated heterocycles. The Morgan fingerprint density at radius 3 is 2.48 bits per heavy atom. The summed E-state index contributed by atoms with van der Waals surface area (Å²) < 4.78 is 28.1. The molecule has 0 aliphatic carbocycles. The summed E-state index contributed by atoms with van der Waals surface area (Å²) in [7, 11) is -3.66. The van der Waals surface area contributed by atoms with E-state index in [1.807, 2.05) is 50.2 Å². The Bertz CT molecular complexity index is 844. The molecule has 3 nitrogen and oxygen atoms in total. The van der Waals surface area contributed by atoms with E-state index in [2.05, 4.69) is 6.58 Å². The van der Waals surface area contributed by atoms with Gasteiger partial charge in [-0.3, -0.25) is 4.31 Å². The average Bonchev–Trinajstić information content (AvgIpc) is 2.55. The predicted octanol–water partition coefficient (Wildman–Crippen LogP) is 4.24. The smallest absolute Gasteiger partial charge is 0.255 e. The number of rotatable bonds is 3. The fraction of sp³-hybridized carbons (Fsp3) is 0.222. The maximum atomic E-state index is 13.3. The minimum atomic E-state index is -3.66. The molecule has 1 heterocycles. The lowest BCUT2D eigenvalue weighted by atomic mass is 10.0. The molecule has 5 heteroatoms. The zero-order valence-corrected chi connectivity index (χ0v) is 14.8. The molecule has 0 saturated carbocycles. The first-order chi connectivity index (χ1) is 10.9. The van der Waals surface area contributed by atoms with E-state index < -0.39 is 15.6 Å². The molecule has 1 aliphatic rings. The summed E-state index contributed by atoms with van der Waals surface area (Å²) in [5.41, 5.74) is 1.08. The standard InChI is InChI=1S/C18H19NO2S2/c1-4-18(3)13-22-17-8-6-5-7-16(17)19(18)23(20,21)15-11-9-14(2)10-12-15/h4-12H,1,13H2,2-3H3. The van der Waals surface area contributed by atoms with Crippen molar-refractivity contribution in [2.45, 2.75) is 29.2 Å². The van der Waals surface area contributed by atoms with Crippen LogP contribution in [0.3, 0.4) is 0 Å². The van der Waals surface area contributed by atoms with Gasteiger partial charge in [-0.25, -0.2) is 8.42 Å². The third-order valence-corrected chi connectivity index (χ3v) is 7.41. The lowest BCUT2D eigenvalue weighted by molar-refractivity contribution is 0.562. The van der Waals surface area contributed by atoms with Gasteiger partial charge in [-0.15, -0.1) is 18.3 Å². The summed E-state index contributed by atoms with van der Waals surface area (Å²) in [4.78, 5) is 1.28. The second-order valence-corrected chi connectivity index (χ2v) is 8.70. The molecule has 2 aromatic carbocycles. The Kier molecular flexibility index (Phi) is 4.02. The second kappa shape index (κ2) is 5.73. The van der Waals surface area contributed by atoms with E-state index in [1.165, 1.54) is 4.31 Å². The average molecular weight is 345 g/mol. The summed E-state index contributed by atoms with van der Waals surface area (Å²) >= 11 is 1.66. The van der Waals surface area contributed by atoms with Crippen LogP contribution in [0.15, 0.2) is 71.0 Å². The molecule has 0 radical (unpaired) electrons. The molecule has 3 rings (SSSR count). The summed E-state index contributed by atoms with van der Waals surface area (Å²) in [5.74, 6) is 0.638. The van der Waals surface area contributed by atoms with Crippen LogP contribution in [0.4, 0.5) is 5.69 Å². The minimum Gasteiger partial charge on any atom is -0.255 e. The molecule has 0 spiro atoms. The Labute approximate surface area is 142 Å². The van der Waals surface area contributed by atoms with Crippen LogP contribution in [0.5, 0.6) is 0 Å². The van der Waals surface area contributed by atoms with E-state index in [1.54, 1.807) is 30.0 Å². The normalized spacial score (nSPS) is 20.9. The highest BCUT2D eigenvalue weighted by atomic mass is 32.2. The lowest BCUT2D eigenvalue weighted by Crippen LogP contribution is -2.52. The summed E-state index contributed by atoms with van der Waals surface area (Å²) in [5, 5.41) is 0. The van der Waals surface area contributed by atoms with Gasteiger partial charge in [0.2, 0.25) is 0 Å². The van der Waals surface area contributed by atoms with Gasteiger partial charge < -0.3 is 0 Å². The van der Waals surface area contributed by atoms with Gasteiger partial charge in [-0.2, -0.15) is 0 Å². The molecule has 1 atom stereocenters. The van der Waals surface area contributed by atoms with Crippen molar-refractivity contribution in [1.29, 1.82) is 0 Å². The third-order valence-electron chi connectivity index (χ3n) is 4.07. The van der Waals surface area contributed by atoms with E-state index in [4.69, 9.17) is 0 Å². The van der Waals surface area contributed by atoms with Gasteiger partial charge in [-0.1, -0.05) is 35.9 Å². The van der Waals surface area contributed by atoms with Crippen LogP contribution < -0.4 is 4.31 Å². The van der Waals surface area contributed by atoms with Gasteiger partial charge >= 0.3 is 0 Å². The molecular formula is C18H19NO2S2. The van der Waals surface area contributed by atoms with Crippen LogP contribution in [0.25, 0.3) is 0 Å². The van der Waals surface area contributed by atoms with Crippen LogP contribution in [0, 0.1) is 6.92 Å². The van der Waals surface area contributed by atoms with Crippen molar-refractivity contribution in [3.8, 4) is 0 Å². The molecule has 1 aliphatic heterocycles. The molecule has 0 amide bonds. The van der Waals surface area contributed by atoms with E-state index in [9.17, 15) is 8.42 Å². The molecular weight excluding hydrogens is 326 g/mol. The Morgan fingerprint density at radius 1 is 1.17 bits per heavy atom. The number of nitrogens with zero attached hydrogens (tertiary/aromatic N) is 1. The largest absolute Gasteiger partial charge is 0.265 e. The molecule has 0 N–H and O–H groups in total. The Morgan fingerprint density at radius 2 is 1.83 bits per heavy atom. The maximum absolute atomic E-state index is 13.3. The number of hydrogen-bond acceptors (Lipinski definition) is 3. The summed E-state index contributed by atoms with van der Waals surface area (Å²) in [6, 6.07) is 14.6. The van der Waals surface area contributed by atoms with Crippen molar-refractivity contribution in [2.24, 2.45) is 0 Å². The molecule has 120 valence electrons. The van der Waals surface area contributed by atoms with Crippen molar-refractivity contribution in [1.82, 2.24) is 0 Å². The number of benzene rings is 2. The number of sulfonamides is 1. The number of fused-ring (bicyclic) bond motifs is 1. The van der Waals surface area contributed by atoms with E-state index in [-0.39, 0.29) is 0 Å². The number of thioether (sulfide) groups is 1. The zero-order chi connectivity index (χ0) is 16.7. The summed E-state index contributed by atoms with van der Waals surface area (Å²) in [6.45, 7) is 7.73. The zero-order valence-electron chi connectivity index (χ0n) is 13.2. The third kappa shape index (κ3) is 2.68. The number of aryl methyl sites for hydroxylation is 1. The van der Waals surface area contributed by atoms with Gasteiger partial charge in [0.05, 0.1) is 16.1 Å². The van der Waals surface area contributed by atoms with Crippen molar-refractivity contribution >= 4 is 27.5 Å². The van der Waals surface area contributed by atoms with Gasteiger partial charge in [-0.05, 0) is 38.1 Å². The number of para-hydroxylation sites is 1. The van der Waals surface area contributed by atoms with Crippen LogP contribution in [0.1, 0.15) is 12.5 Å². The molecule has 0 aromatic heterocycles. The Balaban J connectivity index is 2.21. The minimum absolute atomic E-state index is 0.304. The fourth-order valence-electron chi connectivity index (χ4n) is 2.67. The first-order valence-corrected chi connectivity index (χ1v) is 9.78. The van der Waals surface area contributed by atoms with Crippen LogP contribution in [-0.4, -0.2) is 19.7 Å². The first-order valence-electron chi connectivity index (χ1n) is 7.36. The molecule has 23 heavy (non-hydrogen) atoms. The second-order valence-electron chi connectivity index (χ2n) is 5.90. The molecule has 0 bridgehead atoms. The van der Waals surface area contributed by atoms with Crippen molar-refractivity contribution in [3.05, 3.63) is 66.7 Å². The predicted molar refractivity (Wildman–Crippen MR) is 96.6 cm³/mol. The number of hydrogen-bond donors (Lipinski definition) is 0. The van der Waals surface area contributed by atoms with E-state index in [0.29, 0.717) is 16.3 Å².